The number of esters is 2. The van der Waals surface area contributed by atoms with E-state index in [0.717, 1.165) is 6.08 Å². The van der Waals surface area contributed by atoms with E-state index in [0.29, 0.717) is 38.5 Å². The molecule has 0 spiro atoms. The van der Waals surface area contributed by atoms with E-state index in [2.05, 4.69) is 0 Å². The van der Waals surface area contributed by atoms with Gasteiger partial charge in [0.15, 0.2) is 43.5 Å². The van der Waals surface area contributed by atoms with Gasteiger partial charge < -0.3 is 144 Å². The molecule has 0 radical (unpaired) electrons. The normalized spacial score (nSPS) is 50.6. The number of carbonyl (C=O) groups excluding carboxylic acids is 2. The van der Waals surface area contributed by atoms with Gasteiger partial charge in [0.2, 0.25) is 0 Å². The lowest BCUT2D eigenvalue weighted by Crippen LogP contribution is -2.66. The van der Waals surface area contributed by atoms with Crippen molar-refractivity contribution in [3.8, 4) is 0 Å². The third-order valence-electron chi connectivity index (χ3n) is 19.1. The first-order chi connectivity index (χ1) is 41.8. The monoisotopic (exact) mass is 1270 g/mol. The molecule has 4 saturated carbocycles. The number of carbonyl (C=O) groups is 2. The van der Waals surface area contributed by atoms with Crippen LogP contribution in [0.15, 0.2) is 24.3 Å². The number of aliphatic hydroxyl groups excluding tert-OH is 18. The summed E-state index contributed by atoms with van der Waals surface area (Å²) in [6, 6.07) is 0. The van der Waals surface area contributed by atoms with Crippen LogP contribution in [0.25, 0.3) is 0 Å². The van der Waals surface area contributed by atoms with Crippen molar-refractivity contribution in [1.29, 1.82) is 0 Å². The summed E-state index contributed by atoms with van der Waals surface area (Å²) in [6.07, 6.45) is -35.3. The van der Waals surface area contributed by atoms with Gasteiger partial charge in [-0.1, -0.05) is 12.2 Å². The molecule has 5 saturated heterocycles. The summed E-state index contributed by atoms with van der Waals surface area (Å²) in [5.41, 5.74) is 0. The fourth-order valence-electron chi connectivity index (χ4n) is 13.9. The Kier molecular flexibility index (Phi) is 24.2. The molecule has 31 heteroatoms. The van der Waals surface area contributed by atoms with Crippen molar-refractivity contribution in [2.24, 2.45) is 23.7 Å². The van der Waals surface area contributed by atoms with Crippen molar-refractivity contribution in [3.05, 3.63) is 24.3 Å². The average molecular weight is 1270 g/mol. The van der Waals surface area contributed by atoms with E-state index in [9.17, 15) is 102 Å². The maximum Gasteiger partial charge on any atom is 0.330 e. The Morgan fingerprint density at radius 2 is 1.00 bits per heavy atom. The van der Waals surface area contributed by atoms with Gasteiger partial charge in [-0.25, -0.2) is 9.59 Å². The summed E-state index contributed by atoms with van der Waals surface area (Å²) in [4.78, 5) is 25.6. The minimum Gasteiger partial charge on any atom is -0.460 e. The maximum absolute atomic E-state index is 13.2. The molecule has 504 valence electrons. The van der Waals surface area contributed by atoms with Gasteiger partial charge in [-0.05, 0) is 83.0 Å². The standard InChI is InChI=1S/C57H90O31/c1-21-51(87-39(66)11-5-22-2-7-26(8-3-22)80-55-47(74)44(71)42(69)37(86-55)20-78-38(65)10-6-23-4-9-28(61)29(62)12-23)45(72)49(76)54(79-21)88-53-36(19-59)85-57(50(77)46(53)73)83-34-17-27-32(81-52(34)24-13-30(63)40(67)31(64)14-24)15-25(60)16-33(27)82-56-48(75)43(70)41(68)35(18-58)84-56/h5-6,10-11,21-37,40-64,67-77H,2-4,7-9,12-20H2,1H3/p+1. The summed E-state index contributed by atoms with van der Waals surface area (Å²) in [7, 11) is 0. The van der Waals surface area contributed by atoms with Crippen LogP contribution in [0.4, 0.5) is 0 Å². The molecule has 31 atom stereocenters. The van der Waals surface area contributed by atoms with E-state index in [1.165, 1.54) is 13.0 Å². The molecule has 0 amide bonds. The van der Waals surface area contributed by atoms with Crippen LogP contribution in [0.1, 0.15) is 84.0 Å². The van der Waals surface area contributed by atoms with Crippen LogP contribution in [0.2, 0.25) is 0 Å². The molecule has 9 rings (SSSR count). The van der Waals surface area contributed by atoms with Crippen LogP contribution in [0.3, 0.4) is 0 Å². The molecular formula is C57H91O31+. The molecule has 9 aliphatic rings. The van der Waals surface area contributed by atoms with Crippen LogP contribution in [0.5, 0.6) is 0 Å². The number of fused-ring (bicyclic) bond motifs is 1. The zero-order chi connectivity index (χ0) is 63.6. The Bertz CT molecular complexity index is 2260. The molecule has 31 unspecified atom stereocenters. The Morgan fingerprint density at radius 3 is 1.64 bits per heavy atom. The second-order valence-electron chi connectivity index (χ2n) is 25.3. The SMILES string of the molecule is CC1OC(OC2C(CO)OC(OC3CC4C(OC5OC(CO)C(O)C(O)C5O)CC(O)CC4[OH+]C3C3CC(O)C(O)C(O)C3)C(O)C2O)C(O)C(O)C1OC(=O)C=CC1CCC(OC2OC(COC(=O)C=CC3CCC(O)C(O)C3)C(O)C(O)C2O)CC1. The molecule has 0 bridgehead atoms. The first-order valence-corrected chi connectivity index (χ1v) is 30.6. The predicted octanol–water partition coefficient (Wildman–Crippen LogP) is -7.75. The quantitative estimate of drug-likeness (QED) is 0.0344. The van der Waals surface area contributed by atoms with E-state index in [1.54, 1.807) is 12.2 Å². The Balaban J connectivity index is 0.758. The number of ether oxygens (including phenoxy) is 11. The van der Waals surface area contributed by atoms with Crippen molar-refractivity contribution in [3.63, 3.8) is 0 Å². The second-order valence-corrected chi connectivity index (χ2v) is 25.3. The summed E-state index contributed by atoms with van der Waals surface area (Å²) in [5, 5.41) is 193. The van der Waals surface area contributed by atoms with Crippen molar-refractivity contribution < 1.29 is 154 Å². The summed E-state index contributed by atoms with van der Waals surface area (Å²) < 4.78 is 63.6. The molecule has 19 N–H and O–H groups in total. The van der Waals surface area contributed by atoms with Crippen molar-refractivity contribution in [2.45, 2.75) is 274 Å². The number of hydrogen-bond acceptors (Lipinski definition) is 30. The van der Waals surface area contributed by atoms with Crippen LogP contribution in [-0.4, -0.2) is 318 Å². The van der Waals surface area contributed by atoms with Gasteiger partial charge in [-0.3, -0.25) is 0 Å². The van der Waals surface area contributed by atoms with Gasteiger partial charge >= 0.3 is 11.9 Å². The first kappa shape index (κ1) is 69.7. The van der Waals surface area contributed by atoms with Crippen LogP contribution >= 0.6 is 0 Å². The minimum absolute atomic E-state index is 0.000119. The highest BCUT2D eigenvalue weighted by molar-refractivity contribution is 5.82. The van der Waals surface area contributed by atoms with Crippen molar-refractivity contribution in [2.75, 3.05) is 19.8 Å². The molecule has 4 aliphatic carbocycles. The van der Waals surface area contributed by atoms with Crippen molar-refractivity contribution in [1.82, 2.24) is 0 Å². The van der Waals surface area contributed by atoms with Crippen LogP contribution in [-0.2, 0) is 57.0 Å². The molecular weight excluding hydrogens is 1180 g/mol. The number of hydrogen-bond donors (Lipinski definition) is 18. The van der Waals surface area contributed by atoms with Gasteiger partial charge in [-0.15, -0.1) is 0 Å². The molecule has 0 aromatic carbocycles. The van der Waals surface area contributed by atoms with E-state index in [-0.39, 0.29) is 50.4 Å². The zero-order valence-corrected chi connectivity index (χ0v) is 48.5. The van der Waals surface area contributed by atoms with E-state index in [4.69, 9.17) is 52.1 Å². The molecule has 88 heavy (non-hydrogen) atoms. The van der Waals surface area contributed by atoms with Crippen molar-refractivity contribution >= 4 is 11.9 Å². The second kappa shape index (κ2) is 30.6. The molecule has 0 aromatic rings. The van der Waals surface area contributed by atoms with E-state index in [1.807, 2.05) is 0 Å². The van der Waals surface area contributed by atoms with E-state index < -0.39 is 234 Å². The molecule has 5 heterocycles. The van der Waals surface area contributed by atoms with Gasteiger partial charge in [0, 0.05) is 30.9 Å². The molecule has 9 fully saturated rings. The lowest BCUT2D eigenvalue weighted by molar-refractivity contribution is -0.381. The molecule has 0 aromatic heterocycles. The fourth-order valence-corrected chi connectivity index (χ4v) is 13.9. The summed E-state index contributed by atoms with van der Waals surface area (Å²) in [6.45, 7) is -0.667. The summed E-state index contributed by atoms with van der Waals surface area (Å²) in [5.74, 6) is -3.30. The Hall–Kier alpha value is -2.66. The highest BCUT2D eigenvalue weighted by Crippen LogP contribution is 2.45. The van der Waals surface area contributed by atoms with Gasteiger partial charge in [0.25, 0.3) is 0 Å². The summed E-state index contributed by atoms with van der Waals surface area (Å²) >= 11 is 0. The largest absolute Gasteiger partial charge is 0.460 e. The van der Waals surface area contributed by atoms with Gasteiger partial charge in [-0.2, -0.15) is 0 Å². The lowest BCUT2D eigenvalue weighted by Gasteiger charge is -2.50. The van der Waals surface area contributed by atoms with Crippen LogP contribution < -0.4 is 0 Å². The number of aliphatic hydroxyl groups is 20. The Morgan fingerprint density at radius 1 is 0.466 bits per heavy atom. The molecule has 31 nitrogen and oxygen atoms in total. The maximum atomic E-state index is 13.2. The lowest BCUT2D eigenvalue weighted by atomic mass is 9.72. The van der Waals surface area contributed by atoms with E-state index >= 15 is 0 Å². The predicted molar refractivity (Wildman–Crippen MR) is 288 cm³/mol. The molecule has 5 aliphatic heterocycles. The average Bonchev–Trinajstić information content (AvgIpc) is 1.56. The number of allylic oxidation sites excluding steroid dienone is 2. The number of rotatable bonds is 18. The smallest absolute Gasteiger partial charge is 0.330 e. The zero-order valence-electron chi connectivity index (χ0n) is 48.5. The van der Waals surface area contributed by atoms with Gasteiger partial charge in [0.1, 0.15) is 104 Å². The fraction of sp³-hybridized carbons (Fsp3) is 0.895. The highest BCUT2D eigenvalue weighted by Gasteiger charge is 2.59. The minimum atomic E-state index is -1.96. The topological polar surface area (TPSA) is 503 Å². The third kappa shape index (κ3) is 16.1. The first-order valence-electron chi connectivity index (χ1n) is 30.6. The Labute approximate surface area is 506 Å². The van der Waals surface area contributed by atoms with Gasteiger partial charge in [0.05, 0.1) is 68.0 Å². The highest BCUT2D eigenvalue weighted by atomic mass is 16.8. The van der Waals surface area contributed by atoms with Crippen LogP contribution in [0, 0.1) is 23.7 Å². The third-order valence-corrected chi connectivity index (χ3v) is 19.1.